The molecule has 1 heterocycles. The second-order valence-corrected chi connectivity index (χ2v) is 6.59. The first-order chi connectivity index (χ1) is 11.6. The number of nitrogens with zero attached hydrogens (tertiary/aromatic N) is 2. The maximum atomic E-state index is 6.29. The van der Waals surface area contributed by atoms with E-state index in [0.717, 1.165) is 57.5 Å². The van der Waals surface area contributed by atoms with Gasteiger partial charge in [-0.1, -0.05) is 29.3 Å². The highest BCUT2D eigenvalue weighted by Gasteiger charge is 2.12. The van der Waals surface area contributed by atoms with Crippen molar-refractivity contribution in [3.8, 4) is 0 Å². The number of rotatable bonds is 6. The van der Waals surface area contributed by atoms with Crippen LogP contribution in [0.2, 0.25) is 10.0 Å². The van der Waals surface area contributed by atoms with Gasteiger partial charge in [0, 0.05) is 36.2 Å². The summed E-state index contributed by atoms with van der Waals surface area (Å²) < 4.78 is 5.36. The van der Waals surface area contributed by atoms with E-state index in [1.165, 1.54) is 0 Å². The highest BCUT2D eigenvalue weighted by Crippen LogP contribution is 2.25. The molecule has 142 valence electrons. The lowest BCUT2D eigenvalue weighted by Crippen LogP contribution is -2.40. The standard InChI is InChI=1S/C17H26Cl2N4O.HI/c1-3-20-17(21-6-7-23-8-10-24-11-9-23)22-13(2)15-5-4-14(18)12-16(15)19;/h4-5,12-13H,3,6-11H2,1-2H3,(H2,20,21,22);1H. The van der Waals surface area contributed by atoms with E-state index in [-0.39, 0.29) is 30.0 Å². The van der Waals surface area contributed by atoms with Crippen LogP contribution in [0.25, 0.3) is 0 Å². The summed E-state index contributed by atoms with van der Waals surface area (Å²) in [6.07, 6.45) is 0. The maximum Gasteiger partial charge on any atom is 0.191 e. The molecule has 1 aromatic carbocycles. The molecule has 25 heavy (non-hydrogen) atoms. The number of nitrogens with one attached hydrogen (secondary N) is 2. The van der Waals surface area contributed by atoms with Crippen molar-refractivity contribution in [3.63, 3.8) is 0 Å². The molecule has 0 amide bonds. The summed E-state index contributed by atoms with van der Waals surface area (Å²) in [7, 11) is 0. The van der Waals surface area contributed by atoms with Gasteiger partial charge in [0.05, 0.1) is 25.8 Å². The van der Waals surface area contributed by atoms with Gasteiger partial charge in [-0.2, -0.15) is 0 Å². The quantitative estimate of drug-likeness (QED) is 0.356. The van der Waals surface area contributed by atoms with Gasteiger partial charge in [-0.05, 0) is 31.5 Å². The van der Waals surface area contributed by atoms with Gasteiger partial charge < -0.3 is 15.4 Å². The van der Waals surface area contributed by atoms with Crippen LogP contribution in [-0.4, -0.2) is 56.8 Å². The molecule has 1 aliphatic rings. The molecule has 1 unspecified atom stereocenters. The van der Waals surface area contributed by atoms with Gasteiger partial charge in [0.2, 0.25) is 0 Å². The molecular formula is C17H27Cl2IN4O. The van der Waals surface area contributed by atoms with Crippen molar-refractivity contribution in [2.45, 2.75) is 19.9 Å². The summed E-state index contributed by atoms with van der Waals surface area (Å²) in [5, 5.41) is 7.98. The van der Waals surface area contributed by atoms with E-state index in [4.69, 9.17) is 27.9 Å². The van der Waals surface area contributed by atoms with Crippen LogP contribution in [0.4, 0.5) is 0 Å². The van der Waals surface area contributed by atoms with Gasteiger partial charge in [0.15, 0.2) is 5.96 Å². The van der Waals surface area contributed by atoms with Gasteiger partial charge in [-0.3, -0.25) is 9.89 Å². The van der Waals surface area contributed by atoms with E-state index >= 15 is 0 Å². The minimum absolute atomic E-state index is 0. The summed E-state index contributed by atoms with van der Waals surface area (Å²) in [5.41, 5.74) is 1.000. The van der Waals surface area contributed by atoms with Crippen LogP contribution in [0, 0.1) is 0 Å². The normalized spacial score (nSPS) is 16.9. The van der Waals surface area contributed by atoms with Crippen molar-refractivity contribution in [2.24, 2.45) is 4.99 Å². The van der Waals surface area contributed by atoms with E-state index in [0.29, 0.717) is 10.0 Å². The van der Waals surface area contributed by atoms with E-state index in [2.05, 4.69) is 34.4 Å². The van der Waals surface area contributed by atoms with Gasteiger partial charge >= 0.3 is 0 Å². The Kier molecular flexibility index (Phi) is 11.1. The van der Waals surface area contributed by atoms with Gasteiger partial charge in [-0.15, -0.1) is 24.0 Å². The SMILES string of the molecule is CCNC(=NCCN1CCOCC1)NC(C)c1ccc(Cl)cc1Cl.I. The van der Waals surface area contributed by atoms with Gasteiger partial charge in [0.1, 0.15) is 0 Å². The van der Waals surface area contributed by atoms with Crippen LogP contribution in [0.3, 0.4) is 0 Å². The number of guanidine groups is 1. The monoisotopic (exact) mass is 500 g/mol. The second-order valence-electron chi connectivity index (χ2n) is 5.75. The van der Waals surface area contributed by atoms with Crippen LogP contribution in [-0.2, 0) is 4.74 Å². The first-order valence-electron chi connectivity index (χ1n) is 8.40. The molecule has 0 aliphatic carbocycles. The summed E-state index contributed by atoms with van der Waals surface area (Å²) in [6.45, 7) is 10.2. The van der Waals surface area contributed by atoms with E-state index in [1.807, 2.05) is 12.1 Å². The summed E-state index contributed by atoms with van der Waals surface area (Å²) in [6, 6.07) is 5.60. The lowest BCUT2D eigenvalue weighted by atomic mass is 10.1. The minimum Gasteiger partial charge on any atom is -0.379 e. The van der Waals surface area contributed by atoms with E-state index in [9.17, 15) is 0 Å². The first kappa shape index (κ1) is 22.8. The molecule has 1 fully saturated rings. The lowest BCUT2D eigenvalue weighted by molar-refractivity contribution is 0.0394. The number of hydrogen-bond donors (Lipinski definition) is 2. The Labute approximate surface area is 177 Å². The van der Waals surface area contributed by atoms with Crippen molar-refractivity contribution >= 4 is 53.1 Å². The van der Waals surface area contributed by atoms with Gasteiger partial charge in [0.25, 0.3) is 0 Å². The Morgan fingerprint density at radius 1 is 1.32 bits per heavy atom. The number of aliphatic imine (C=N–C) groups is 1. The second kappa shape index (κ2) is 12.2. The number of benzene rings is 1. The first-order valence-corrected chi connectivity index (χ1v) is 9.15. The lowest BCUT2D eigenvalue weighted by Gasteiger charge is -2.26. The smallest absolute Gasteiger partial charge is 0.191 e. The average Bonchev–Trinajstić information content (AvgIpc) is 2.55. The molecule has 0 saturated carbocycles. The minimum atomic E-state index is 0. The van der Waals surface area contributed by atoms with Gasteiger partial charge in [-0.25, -0.2) is 0 Å². The Morgan fingerprint density at radius 3 is 2.68 bits per heavy atom. The largest absolute Gasteiger partial charge is 0.379 e. The molecular weight excluding hydrogens is 474 g/mol. The van der Waals surface area contributed by atoms with Crippen molar-refractivity contribution in [3.05, 3.63) is 33.8 Å². The topological polar surface area (TPSA) is 48.9 Å². The molecule has 2 N–H and O–H groups in total. The van der Waals surface area contributed by atoms with E-state index in [1.54, 1.807) is 6.07 Å². The summed E-state index contributed by atoms with van der Waals surface area (Å²) in [5.74, 6) is 0.796. The predicted molar refractivity (Wildman–Crippen MR) is 117 cm³/mol. The summed E-state index contributed by atoms with van der Waals surface area (Å²) >= 11 is 12.3. The highest BCUT2D eigenvalue weighted by atomic mass is 127. The molecule has 1 atom stereocenters. The molecule has 2 rings (SSSR count). The molecule has 1 saturated heterocycles. The third-order valence-corrected chi connectivity index (χ3v) is 4.48. The van der Waals surface area contributed by atoms with Crippen LogP contribution in [0.15, 0.2) is 23.2 Å². The van der Waals surface area contributed by atoms with Crippen molar-refractivity contribution in [1.29, 1.82) is 0 Å². The van der Waals surface area contributed by atoms with Crippen LogP contribution in [0.5, 0.6) is 0 Å². The molecule has 1 aromatic rings. The fraction of sp³-hybridized carbons (Fsp3) is 0.588. The zero-order valence-electron chi connectivity index (χ0n) is 14.7. The fourth-order valence-corrected chi connectivity index (χ4v) is 3.16. The molecule has 1 aliphatic heterocycles. The number of ether oxygens (including phenoxy) is 1. The third-order valence-electron chi connectivity index (χ3n) is 3.92. The van der Waals surface area contributed by atoms with Crippen molar-refractivity contribution in [2.75, 3.05) is 45.9 Å². The summed E-state index contributed by atoms with van der Waals surface area (Å²) in [4.78, 5) is 7.03. The number of morpholine rings is 1. The zero-order chi connectivity index (χ0) is 17.4. The van der Waals surface area contributed by atoms with E-state index < -0.39 is 0 Å². The highest BCUT2D eigenvalue weighted by molar-refractivity contribution is 14.0. The van der Waals surface area contributed by atoms with Crippen LogP contribution < -0.4 is 10.6 Å². The Bertz CT molecular complexity index is 553. The molecule has 0 bridgehead atoms. The molecule has 0 radical (unpaired) electrons. The molecule has 8 heteroatoms. The predicted octanol–water partition coefficient (Wildman–Crippen LogP) is 3.56. The molecule has 0 spiro atoms. The van der Waals surface area contributed by atoms with Crippen molar-refractivity contribution < 1.29 is 4.74 Å². The fourth-order valence-electron chi connectivity index (χ4n) is 2.58. The molecule has 0 aromatic heterocycles. The zero-order valence-corrected chi connectivity index (χ0v) is 18.6. The third kappa shape index (κ3) is 7.86. The van der Waals surface area contributed by atoms with Crippen LogP contribution in [0.1, 0.15) is 25.5 Å². The number of hydrogen-bond acceptors (Lipinski definition) is 3. The average molecular weight is 501 g/mol. The Hall–Kier alpha value is -0.280. The Morgan fingerprint density at radius 2 is 2.04 bits per heavy atom. The van der Waals surface area contributed by atoms with Crippen LogP contribution >= 0.6 is 47.2 Å². The maximum absolute atomic E-state index is 6.29. The van der Waals surface area contributed by atoms with Crippen molar-refractivity contribution in [1.82, 2.24) is 15.5 Å². The Balaban J connectivity index is 0.00000312. The molecule has 5 nitrogen and oxygen atoms in total. The number of halogens is 3.